The van der Waals surface area contributed by atoms with Crippen LogP contribution in [0.1, 0.15) is 17.0 Å². The Morgan fingerprint density at radius 3 is 2.13 bits per heavy atom. The second kappa shape index (κ2) is 8.54. The number of furan rings is 1. The van der Waals surface area contributed by atoms with Gasteiger partial charge in [-0.25, -0.2) is 0 Å². The zero-order chi connectivity index (χ0) is 21.8. The number of benzene rings is 2. The summed E-state index contributed by atoms with van der Waals surface area (Å²) in [6.07, 6.45) is 1.52. The van der Waals surface area contributed by atoms with Gasteiger partial charge in [0.1, 0.15) is 11.8 Å². The first kappa shape index (κ1) is 19.9. The van der Waals surface area contributed by atoms with Gasteiger partial charge in [0, 0.05) is 17.8 Å². The van der Waals surface area contributed by atoms with E-state index in [0.717, 1.165) is 0 Å². The van der Waals surface area contributed by atoms with Crippen LogP contribution in [0.3, 0.4) is 0 Å². The molecule has 0 fully saturated rings. The third-order valence-electron chi connectivity index (χ3n) is 4.67. The van der Waals surface area contributed by atoms with E-state index in [4.69, 9.17) is 10.2 Å². The zero-order valence-electron chi connectivity index (χ0n) is 16.3. The molecule has 0 spiro atoms. The van der Waals surface area contributed by atoms with Crippen molar-refractivity contribution in [1.29, 1.82) is 0 Å². The van der Waals surface area contributed by atoms with Gasteiger partial charge in [-0.3, -0.25) is 19.4 Å². The molecule has 1 aliphatic rings. The Balaban J connectivity index is 1.43. The Morgan fingerprint density at radius 2 is 1.55 bits per heavy atom. The van der Waals surface area contributed by atoms with Crippen LogP contribution in [0, 0.1) is 0 Å². The first-order valence-electron chi connectivity index (χ1n) is 9.48. The number of hydrogen-bond donors (Lipinski definition) is 3. The van der Waals surface area contributed by atoms with Crippen LogP contribution in [0.5, 0.6) is 0 Å². The van der Waals surface area contributed by atoms with E-state index in [0.29, 0.717) is 17.1 Å². The molecule has 0 radical (unpaired) electrons. The van der Waals surface area contributed by atoms with Gasteiger partial charge in [0.05, 0.1) is 12.0 Å². The van der Waals surface area contributed by atoms with Crippen LogP contribution >= 0.6 is 0 Å². The summed E-state index contributed by atoms with van der Waals surface area (Å²) < 4.78 is 5.05. The average Bonchev–Trinajstić information content (AvgIpc) is 3.46. The van der Waals surface area contributed by atoms with Crippen LogP contribution in [0.2, 0.25) is 0 Å². The lowest BCUT2D eigenvalue weighted by molar-refractivity contribution is -0.119. The van der Waals surface area contributed by atoms with Crippen LogP contribution in [-0.4, -0.2) is 29.5 Å². The number of carbonyl (C=O) groups is 3. The van der Waals surface area contributed by atoms with Crippen LogP contribution in [0.25, 0.3) is 0 Å². The monoisotopic (exact) mass is 417 g/mol. The fourth-order valence-electron chi connectivity index (χ4n) is 3.13. The van der Waals surface area contributed by atoms with Crippen LogP contribution in [-0.2, 0) is 9.59 Å². The number of nitrogens with one attached hydrogen (secondary N) is 2. The van der Waals surface area contributed by atoms with Crippen molar-refractivity contribution in [2.24, 2.45) is 10.8 Å². The summed E-state index contributed by atoms with van der Waals surface area (Å²) in [6, 6.07) is 18.1. The van der Waals surface area contributed by atoms with E-state index in [2.05, 4.69) is 15.7 Å². The fraction of sp³-hybridized carbons (Fsp3) is 0.0909. The summed E-state index contributed by atoms with van der Waals surface area (Å²) in [6.45, 7) is 0. The molecular formula is C22H19N5O4. The highest BCUT2D eigenvalue weighted by molar-refractivity contribution is 6.44. The topological polar surface area (TPSA) is 130 Å². The van der Waals surface area contributed by atoms with Gasteiger partial charge < -0.3 is 20.8 Å². The molecule has 2 heterocycles. The minimum absolute atomic E-state index is 0.105. The van der Waals surface area contributed by atoms with E-state index in [9.17, 15) is 14.4 Å². The maximum Gasteiger partial charge on any atom is 0.291 e. The molecule has 1 unspecified atom stereocenters. The molecule has 2 aromatic carbocycles. The Kier molecular flexibility index (Phi) is 5.48. The Labute approximate surface area is 177 Å². The summed E-state index contributed by atoms with van der Waals surface area (Å²) in [5.74, 6) is -1.17. The summed E-state index contributed by atoms with van der Waals surface area (Å²) in [4.78, 5) is 36.5. The molecule has 3 amide bonds. The lowest BCUT2D eigenvalue weighted by Gasteiger charge is -2.20. The highest BCUT2D eigenvalue weighted by atomic mass is 16.3. The molecule has 4 N–H and O–H groups in total. The number of anilines is 3. The third kappa shape index (κ3) is 4.45. The molecule has 1 aromatic heterocycles. The van der Waals surface area contributed by atoms with Gasteiger partial charge >= 0.3 is 0 Å². The maximum atomic E-state index is 12.7. The molecule has 0 aliphatic carbocycles. The molecule has 0 saturated heterocycles. The highest BCUT2D eigenvalue weighted by Gasteiger charge is 2.34. The van der Waals surface area contributed by atoms with Crippen molar-refractivity contribution in [2.75, 3.05) is 15.6 Å². The van der Waals surface area contributed by atoms with Crippen LogP contribution in [0.15, 0.2) is 82.5 Å². The second-order valence-corrected chi connectivity index (χ2v) is 6.81. The first-order chi connectivity index (χ1) is 15.0. The second-order valence-electron chi connectivity index (χ2n) is 6.81. The standard InChI is InChI=1S/C22H19N5O4/c23-20(28)18-13-17(26-27(18)16-5-2-1-3-6-16)21(29)24-14-8-10-15(11-9-14)25-22(30)19-7-4-12-31-19/h1-12,18H,13H2,(H2,23,28)(H,24,29)(H,25,30). The molecular weight excluding hydrogens is 398 g/mol. The molecule has 31 heavy (non-hydrogen) atoms. The maximum absolute atomic E-state index is 12.7. The quantitative estimate of drug-likeness (QED) is 0.568. The number of nitrogens with zero attached hydrogens (tertiary/aromatic N) is 2. The molecule has 0 saturated carbocycles. The molecule has 4 rings (SSSR count). The number of rotatable bonds is 6. The van der Waals surface area contributed by atoms with Crippen molar-refractivity contribution in [3.05, 3.63) is 78.8 Å². The van der Waals surface area contributed by atoms with E-state index in [-0.39, 0.29) is 23.8 Å². The predicted molar refractivity (Wildman–Crippen MR) is 116 cm³/mol. The van der Waals surface area contributed by atoms with Crippen LogP contribution in [0.4, 0.5) is 17.1 Å². The van der Waals surface area contributed by atoms with E-state index in [1.54, 1.807) is 48.5 Å². The minimum Gasteiger partial charge on any atom is -0.459 e. The molecule has 1 atom stereocenters. The van der Waals surface area contributed by atoms with Crippen molar-refractivity contribution in [3.8, 4) is 0 Å². The van der Waals surface area contributed by atoms with Crippen molar-refractivity contribution >= 4 is 40.5 Å². The van der Waals surface area contributed by atoms with E-state index in [1.165, 1.54) is 11.3 Å². The number of para-hydroxylation sites is 1. The summed E-state index contributed by atoms with van der Waals surface area (Å²) in [7, 11) is 0. The number of amides is 3. The van der Waals surface area contributed by atoms with Crippen molar-refractivity contribution < 1.29 is 18.8 Å². The smallest absolute Gasteiger partial charge is 0.291 e. The molecule has 9 heteroatoms. The number of hydrogen-bond acceptors (Lipinski definition) is 6. The number of hydrazone groups is 1. The van der Waals surface area contributed by atoms with Crippen molar-refractivity contribution in [1.82, 2.24) is 0 Å². The van der Waals surface area contributed by atoms with E-state index in [1.807, 2.05) is 18.2 Å². The number of nitrogens with two attached hydrogens (primary N) is 1. The van der Waals surface area contributed by atoms with E-state index < -0.39 is 17.9 Å². The van der Waals surface area contributed by atoms with Crippen molar-refractivity contribution in [3.63, 3.8) is 0 Å². The zero-order valence-corrected chi connectivity index (χ0v) is 16.3. The van der Waals surface area contributed by atoms with Gasteiger partial charge in [-0.05, 0) is 48.5 Å². The lowest BCUT2D eigenvalue weighted by atomic mass is 10.1. The van der Waals surface area contributed by atoms with E-state index >= 15 is 0 Å². The normalized spacial score (nSPS) is 15.3. The predicted octanol–water partition coefficient (Wildman–Crippen LogP) is 2.59. The van der Waals surface area contributed by atoms with Gasteiger partial charge in [0.2, 0.25) is 5.91 Å². The van der Waals surface area contributed by atoms with Gasteiger partial charge in [0.25, 0.3) is 11.8 Å². The largest absolute Gasteiger partial charge is 0.459 e. The van der Waals surface area contributed by atoms with Gasteiger partial charge in [0.15, 0.2) is 5.76 Å². The fourth-order valence-corrected chi connectivity index (χ4v) is 3.13. The van der Waals surface area contributed by atoms with Gasteiger partial charge in [-0.1, -0.05) is 18.2 Å². The molecule has 9 nitrogen and oxygen atoms in total. The van der Waals surface area contributed by atoms with Gasteiger partial charge in [-0.2, -0.15) is 5.10 Å². The SMILES string of the molecule is NC(=O)C1CC(C(=O)Nc2ccc(NC(=O)c3ccco3)cc2)=NN1c1ccccc1. The molecule has 1 aliphatic heterocycles. The summed E-state index contributed by atoms with van der Waals surface area (Å²) >= 11 is 0. The third-order valence-corrected chi connectivity index (χ3v) is 4.67. The number of primary amides is 1. The summed E-state index contributed by atoms with van der Waals surface area (Å²) in [5.41, 5.74) is 7.43. The highest BCUT2D eigenvalue weighted by Crippen LogP contribution is 2.25. The van der Waals surface area contributed by atoms with Crippen LogP contribution < -0.4 is 21.4 Å². The average molecular weight is 417 g/mol. The number of carbonyl (C=O) groups excluding carboxylic acids is 3. The Hall–Kier alpha value is -4.40. The van der Waals surface area contributed by atoms with Crippen molar-refractivity contribution in [2.45, 2.75) is 12.5 Å². The molecule has 0 bridgehead atoms. The first-order valence-corrected chi connectivity index (χ1v) is 9.48. The lowest BCUT2D eigenvalue weighted by Crippen LogP contribution is -2.39. The Morgan fingerprint density at radius 1 is 0.903 bits per heavy atom. The molecule has 156 valence electrons. The van der Waals surface area contributed by atoms with Gasteiger partial charge in [-0.15, -0.1) is 0 Å². The molecule has 3 aromatic rings. The minimum atomic E-state index is -0.734. The summed E-state index contributed by atoms with van der Waals surface area (Å²) in [5, 5.41) is 11.2. The Bertz CT molecular complexity index is 1120.